The van der Waals surface area contributed by atoms with E-state index in [0.717, 1.165) is 15.0 Å². The Kier molecular flexibility index (Phi) is 4.20. The molecular weight excluding hydrogens is 338 g/mol. The van der Waals surface area contributed by atoms with Gasteiger partial charge in [-0.15, -0.1) is 11.3 Å². The SMILES string of the molecule is O=S(=O)(c1ccccc1)N(Cl)c1cscc1-c1ccccc1. The smallest absolute Gasteiger partial charge is 0.200 e. The molecule has 0 spiro atoms. The van der Waals surface area contributed by atoms with Gasteiger partial charge in [-0.05, 0) is 17.7 Å². The van der Waals surface area contributed by atoms with E-state index in [0.29, 0.717) is 5.69 Å². The Morgan fingerprint density at radius 1 is 0.864 bits per heavy atom. The van der Waals surface area contributed by atoms with Gasteiger partial charge in [0.1, 0.15) is 0 Å². The standard InChI is InChI=1S/C16H12ClNO2S2/c17-18(22(19,20)14-9-5-2-6-10-14)16-12-21-11-15(16)13-7-3-1-4-8-13/h1-12H. The number of benzene rings is 2. The molecule has 0 aliphatic rings. The molecule has 1 aromatic heterocycles. The number of sulfonamides is 1. The van der Waals surface area contributed by atoms with Crippen molar-refractivity contribution in [3.8, 4) is 11.1 Å². The molecule has 3 aromatic rings. The first-order valence-corrected chi connectivity index (χ1v) is 9.20. The van der Waals surface area contributed by atoms with Crippen molar-refractivity contribution in [1.82, 2.24) is 0 Å². The Morgan fingerprint density at radius 2 is 1.45 bits per heavy atom. The maximum atomic E-state index is 12.6. The van der Waals surface area contributed by atoms with E-state index in [4.69, 9.17) is 11.8 Å². The Bertz CT molecular complexity index is 861. The molecule has 0 amide bonds. The molecule has 0 bridgehead atoms. The van der Waals surface area contributed by atoms with Crippen LogP contribution in [0.3, 0.4) is 0 Å². The highest BCUT2D eigenvalue weighted by Crippen LogP contribution is 2.38. The Balaban J connectivity index is 2.04. The summed E-state index contributed by atoms with van der Waals surface area (Å²) in [6.07, 6.45) is 0. The molecule has 3 nitrogen and oxygen atoms in total. The first kappa shape index (κ1) is 15.1. The Hall–Kier alpha value is -1.82. The van der Waals surface area contributed by atoms with Gasteiger partial charge in [0.15, 0.2) is 0 Å². The minimum absolute atomic E-state index is 0.162. The highest BCUT2D eigenvalue weighted by molar-refractivity contribution is 7.94. The van der Waals surface area contributed by atoms with Gasteiger partial charge in [-0.1, -0.05) is 48.5 Å². The average molecular weight is 350 g/mol. The number of halogens is 1. The number of hydrogen-bond donors (Lipinski definition) is 0. The van der Waals surface area contributed by atoms with E-state index in [9.17, 15) is 8.42 Å². The molecule has 6 heteroatoms. The molecule has 0 saturated heterocycles. The molecule has 0 N–H and O–H groups in total. The van der Waals surface area contributed by atoms with Crippen molar-refractivity contribution in [1.29, 1.82) is 0 Å². The van der Waals surface area contributed by atoms with Crippen LogP contribution in [-0.4, -0.2) is 8.42 Å². The van der Waals surface area contributed by atoms with Crippen molar-refractivity contribution in [2.24, 2.45) is 0 Å². The van der Waals surface area contributed by atoms with Crippen molar-refractivity contribution in [2.45, 2.75) is 4.90 Å². The molecular formula is C16H12ClNO2S2. The molecule has 0 fully saturated rings. The third kappa shape index (κ3) is 2.75. The summed E-state index contributed by atoms with van der Waals surface area (Å²) in [5, 5.41) is 3.62. The summed E-state index contributed by atoms with van der Waals surface area (Å²) >= 11 is 7.59. The number of thiophene rings is 1. The van der Waals surface area contributed by atoms with E-state index < -0.39 is 10.0 Å². The summed E-state index contributed by atoms with van der Waals surface area (Å²) in [7, 11) is -3.79. The van der Waals surface area contributed by atoms with Crippen molar-refractivity contribution in [3.63, 3.8) is 0 Å². The van der Waals surface area contributed by atoms with Gasteiger partial charge in [-0.25, -0.2) is 0 Å². The van der Waals surface area contributed by atoms with Crippen LogP contribution in [0.25, 0.3) is 11.1 Å². The van der Waals surface area contributed by atoms with Gasteiger partial charge in [-0.2, -0.15) is 12.2 Å². The molecule has 1 heterocycles. The van der Waals surface area contributed by atoms with Gasteiger partial charge in [0, 0.05) is 28.1 Å². The third-order valence-electron chi connectivity index (χ3n) is 3.17. The summed E-state index contributed by atoms with van der Waals surface area (Å²) in [6.45, 7) is 0. The summed E-state index contributed by atoms with van der Waals surface area (Å²) in [5.41, 5.74) is 2.18. The fraction of sp³-hybridized carbons (Fsp3) is 0. The van der Waals surface area contributed by atoms with Crippen LogP contribution >= 0.6 is 23.1 Å². The van der Waals surface area contributed by atoms with Gasteiger partial charge in [0.05, 0.1) is 10.6 Å². The van der Waals surface area contributed by atoms with Gasteiger partial charge in [-0.3, -0.25) is 0 Å². The van der Waals surface area contributed by atoms with E-state index in [1.54, 1.807) is 23.6 Å². The second kappa shape index (κ2) is 6.12. The number of hydrogen-bond acceptors (Lipinski definition) is 3. The van der Waals surface area contributed by atoms with E-state index in [-0.39, 0.29) is 4.90 Å². The normalized spacial score (nSPS) is 11.3. The van der Waals surface area contributed by atoms with Crippen molar-refractivity contribution >= 4 is 38.8 Å². The van der Waals surface area contributed by atoms with Crippen LogP contribution in [0.2, 0.25) is 0 Å². The largest absolute Gasteiger partial charge is 0.278 e. The average Bonchev–Trinajstić information content (AvgIpc) is 3.05. The van der Waals surface area contributed by atoms with Gasteiger partial charge in [0.25, 0.3) is 10.0 Å². The highest BCUT2D eigenvalue weighted by atomic mass is 35.5. The lowest BCUT2D eigenvalue weighted by molar-refractivity contribution is 0.598. The molecule has 0 atom stereocenters. The zero-order valence-electron chi connectivity index (χ0n) is 11.4. The van der Waals surface area contributed by atoms with Crippen molar-refractivity contribution < 1.29 is 8.42 Å². The lowest BCUT2D eigenvalue weighted by Crippen LogP contribution is -2.21. The molecule has 0 aliphatic heterocycles. The van der Waals surface area contributed by atoms with Crippen molar-refractivity contribution in [3.05, 3.63) is 71.4 Å². The molecule has 2 aromatic carbocycles. The monoisotopic (exact) mass is 349 g/mol. The van der Waals surface area contributed by atoms with Crippen LogP contribution in [-0.2, 0) is 10.0 Å². The predicted octanol–water partition coefficient (Wildman–Crippen LogP) is 4.76. The van der Waals surface area contributed by atoms with E-state index in [1.165, 1.54) is 23.5 Å². The van der Waals surface area contributed by atoms with Gasteiger partial charge < -0.3 is 0 Å². The second-order valence-electron chi connectivity index (χ2n) is 4.57. The fourth-order valence-corrected chi connectivity index (χ4v) is 4.50. The number of rotatable bonds is 4. The zero-order valence-corrected chi connectivity index (χ0v) is 13.8. The van der Waals surface area contributed by atoms with Crippen LogP contribution < -0.4 is 3.82 Å². The first-order chi connectivity index (χ1) is 10.6. The summed E-state index contributed by atoms with van der Waals surface area (Å²) in [6, 6.07) is 17.7. The number of nitrogens with zero attached hydrogens (tertiary/aromatic N) is 1. The molecule has 22 heavy (non-hydrogen) atoms. The lowest BCUT2D eigenvalue weighted by Gasteiger charge is -2.16. The van der Waals surface area contributed by atoms with Crippen LogP contribution in [0.5, 0.6) is 0 Å². The van der Waals surface area contributed by atoms with E-state index in [2.05, 4.69) is 0 Å². The summed E-state index contributed by atoms with van der Waals surface area (Å²) in [5.74, 6) is 0. The maximum Gasteiger partial charge on any atom is 0.278 e. The summed E-state index contributed by atoms with van der Waals surface area (Å²) < 4.78 is 26.0. The molecule has 0 radical (unpaired) electrons. The van der Waals surface area contributed by atoms with E-state index >= 15 is 0 Å². The zero-order chi connectivity index (χ0) is 15.6. The molecule has 0 unspecified atom stereocenters. The molecule has 0 aliphatic carbocycles. The first-order valence-electron chi connectivity index (χ1n) is 6.48. The highest BCUT2D eigenvalue weighted by Gasteiger charge is 2.26. The van der Waals surface area contributed by atoms with Gasteiger partial charge in [0.2, 0.25) is 0 Å². The predicted molar refractivity (Wildman–Crippen MR) is 91.7 cm³/mol. The lowest BCUT2D eigenvalue weighted by atomic mass is 10.1. The van der Waals surface area contributed by atoms with Crippen LogP contribution in [0, 0.1) is 0 Å². The quantitative estimate of drug-likeness (QED) is 0.636. The molecule has 112 valence electrons. The Morgan fingerprint density at radius 3 is 2.09 bits per heavy atom. The molecule has 3 rings (SSSR count). The summed E-state index contributed by atoms with van der Waals surface area (Å²) in [4.78, 5) is 0.162. The third-order valence-corrected chi connectivity index (χ3v) is 6.11. The fourth-order valence-electron chi connectivity index (χ4n) is 2.07. The van der Waals surface area contributed by atoms with Gasteiger partial charge >= 0.3 is 0 Å². The minimum atomic E-state index is -3.79. The minimum Gasteiger partial charge on any atom is -0.200 e. The molecule has 0 saturated carbocycles. The van der Waals surface area contributed by atoms with E-state index in [1.807, 2.05) is 35.7 Å². The Labute approximate surface area is 138 Å². The topological polar surface area (TPSA) is 37.4 Å². The van der Waals surface area contributed by atoms with Crippen LogP contribution in [0.4, 0.5) is 5.69 Å². The second-order valence-corrected chi connectivity index (χ2v) is 7.64. The van der Waals surface area contributed by atoms with Crippen molar-refractivity contribution in [2.75, 3.05) is 3.82 Å². The van der Waals surface area contributed by atoms with Crippen LogP contribution in [0.15, 0.2) is 76.3 Å². The van der Waals surface area contributed by atoms with Crippen LogP contribution in [0.1, 0.15) is 0 Å². The number of anilines is 1. The maximum absolute atomic E-state index is 12.6.